The Kier molecular flexibility index (Phi) is 8.93. The minimum absolute atomic E-state index is 0. The van der Waals surface area contributed by atoms with Gasteiger partial charge in [-0.15, -0.1) is 22.7 Å². The van der Waals surface area contributed by atoms with Crippen LogP contribution in [0.2, 0.25) is 5.02 Å². The molecule has 0 radical (unpaired) electrons. The first-order chi connectivity index (χ1) is 15.5. The van der Waals surface area contributed by atoms with Gasteiger partial charge in [-0.3, -0.25) is 0 Å². The molecule has 0 aliphatic carbocycles. The van der Waals surface area contributed by atoms with E-state index in [1.54, 1.807) is 54.6 Å². The third kappa shape index (κ3) is 5.85. The van der Waals surface area contributed by atoms with Gasteiger partial charge in [0.15, 0.2) is 11.5 Å². The second-order valence-corrected chi connectivity index (χ2v) is 11.2. The van der Waals surface area contributed by atoms with Crippen molar-refractivity contribution in [2.24, 2.45) is 0 Å². The summed E-state index contributed by atoms with van der Waals surface area (Å²) in [5, 5.41) is 2.22. The van der Waals surface area contributed by atoms with E-state index in [0.717, 1.165) is 22.7 Å². The van der Waals surface area contributed by atoms with Crippen LogP contribution in [0.5, 0.6) is 11.5 Å². The summed E-state index contributed by atoms with van der Waals surface area (Å²) in [6.45, 7) is 0. The van der Waals surface area contributed by atoms with E-state index in [2.05, 4.69) is 0 Å². The van der Waals surface area contributed by atoms with E-state index in [1.165, 1.54) is 0 Å². The largest absolute Gasteiger partial charge is 1.00 e. The second-order valence-electron chi connectivity index (χ2n) is 6.79. The minimum atomic E-state index is -5.22. The molecule has 35 heavy (non-hydrogen) atoms. The van der Waals surface area contributed by atoms with Gasteiger partial charge < -0.3 is 17.5 Å². The summed E-state index contributed by atoms with van der Waals surface area (Å²) in [5.41, 5.74) is 0. The van der Waals surface area contributed by atoms with Gasteiger partial charge in [0.2, 0.25) is 0 Å². The zero-order valence-electron chi connectivity index (χ0n) is 18.0. The van der Waals surface area contributed by atoms with Gasteiger partial charge in [-0.1, -0.05) is 48.0 Å². The van der Waals surface area contributed by atoms with Gasteiger partial charge in [-0.25, -0.2) is 16.8 Å². The Morgan fingerprint density at radius 2 is 1.23 bits per heavy atom. The number of hydrogen-bond donors (Lipinski definition) is 0. The molecule has 3 aromatic carbocycles. The molecule has 0 bridgehead atoms. The van der Waals surface area contributed by atoms with Crippen molar-refractivity contribution >= 4 is 86.0 Å². The first-order valence-corrected chi connectivity index (χ1v) is 13.7. The zero-order valence-corrected chi connectivity index (χ0v) is 26.0. The molecule has 8 nitrogen and oxygen atoms in total. The van der Waals surface area contributed by atoms with Gasteiger partial charge in [0.05, 0.1) is 19.5 Å². The molecule has 0 saturated carbocycles. The minimum Gasteiger partial charge on any atom is -0.716 e. The predicted octanol–water partition coefficient (Wildman–Crippen LogP) is -0.724. The van der Waals surface area contributed by atoms with Crippen LogP contribution in [0.4, 0.5) is 0 Å². The Labute approximate surface area is 257 Å². The Morgan fingerprint density at radius 1 is 0.714 bits per heavy atom. The average molecular weight is 587 g/mol. The summed E-state index contributed by atoms with van der Waals surface area (Å²) in [5.74, 6) is -0.608. The molecule has 0 saturated heterocycles. The third-order valence-corrected chi connectivity index (χ3v) is 8.49. The molecule has 0 N–H and O–H groups in total. The van der Waals surface area contributed by atoms with Crippen molar-refractivity contribution in [2.75, 3.05) is 0 Å². The van der Waals surface area contributed by atoms with Crippen LogP contribution in [0.3, 0.4) is 0 Å². The zero-order chi connectivity index (χ0) is 23.5. The summed E-state index contributed by atoms with van der Waals surface area (Å²) < 4.78 is 79.7. The van der Waals surface area contributed by atoms with Crippen LogP contribution in [-0.2, 0) is 20.8 Å². The van der Waals surface area contributed by atoms with E-state index < -0.39 is 20.8 Å². The molecule has 0 aliphatic rings. The van der Waals surface area contributed by atoms with E-state index in [0.29, 0.717) is 30.6 Å². The fourth-order valence-electron chi connectivity index (χ4n) is 3.51. The molecule has 0 unspecified atom stereocenters. The van der Waals surface area contributed by atoms with Crippen LogP contribution in [0.1, 0.15) is 0 Å². The van der Waals surface area contributed by atoms with Crippen molar-refractivity contribution in [2.45, 2.75) is 0 Å². The molecule has 0 spiro atoms. The monoisotopic (exact) mass is 586 g/mol. The Balaban J connectivity index is 0.00000171. The van der Waals surface area contributed by atoms with Crippen LogP contribution in [0.15, 0.2) is 54.6 Å². The maximum atomic E-state index is 11.6. The van der Waals surface area contributed by atoms with Crippen LogP contribution < -0.4 is 67.5 Å². The molecule has 5 aromatic rings. The molecule has 2 aromatic heterocycles. The maximum Gasteiger partial charge on any atom is 1.00 e. The van der Waals surface area contributed by atoms with Crippen molar-refractivity contribution in [3.63, 3.8) is 0 Å². The Bertz CT molecular complexity index is 1800. The quantitative estimate of drug-likeness (QED) is 0.150. The molecule has 0 amide bonds. The van der Waals surface area contributed by atoms with Gasteiger partial charge in [0.1, 0.15) is 0 Å². The van der Waals surface area contributed by atoms with Gasteiger partial charge in [0.25, 0.3) is 20.8 Å². The van der Waals surface area contributed by atoms with Gasteiger partial charge >= 0.3 is 59.1 Å². The number of benzene rings is 3. The van der Waals surface area contributed by atoms with E-state index in [1.807, 2.05) is 0 Å². The molecule has 0 aliphatic heterocycles. The number of rotatable bonds is 5. The topological polar surface area (TPSA) is 133 Å². The molecular weight excluding hydrogens is 578 g/mol. The first kappa shape index (κ1) is 29.1. The molecule has 15 heteroatoms. The molecular formula is C20H9ClNa2O8S4. The summed E-state index contributed by atoms with van der Waals surface area (Å²) in [7, 11) is -10.4. The molecule has 0 atom stereocenters. The smallest absolute Gasteiger partial charge is 0.716 e. The number of fused-ring (bicyclic) bond motifs is 3. The van der Waals surface area contributed by atoms with Crippen molar-refractivity contribution in [1.29, 1.82) is 0 Å². The summed E-state index contributed by atoms with van der Waals surface area (Å²) in [4.78, 5) is 0.192. The summed E-state index contributed by atoms with van der Waals surface area (Å²) in [6.07, 6.45) is 0. The third-order valence-electron chi connectivity index (χ3n) is 4.72. The van der Waals surface area contributed by atoms with Crippen LogP contribution in [-0.4, -0.2) is 25.9 Å². The normalized spacial score (nSPS) is 11.9. The molecule has 5 rings (SSSR count). The number of halogens is 1. The summed E-state index contributed by atoms with van der Waals surface area (Å²) in [6, 6.07) is 15.2. The van der Waals surface area contributed by atoms with Crippen LogP contribution in [0, 0.1) is 0 Å². The molecule has 170 valence electrons. The molecule has 2 heterocycles. The van der Waals surface area contributed by atoms with E-state index in [4.69, 9.17) is 20.0 Å². The average Bonchev–Trinajstić information content (AvgIpc) is 3.25. The number of hydrogen-bond acceptors (Lipinski definition) is 10. The Morgan fingerprint density at radius 3 is 1.86 bits per heavy atom. The Hall–Kier alpha value is -0.450. The maximum absolute atomic E-state index is 11.6. The summed E-state index contributed by atoms with van der Waals surface area (Å²) >= 11 is 8.63. The van der Waals surface area contributed by atoms with Gasteiger partial charge in [-0.05, 0) is 23.6 Å². The standard InChI is InChI=1S/C20H11ClO8S4.2Na/c21-15-11-6-2-1-5-10(11)9-13-17(29-33(25,26)27)20(31-18(13)15)19-16(28-32(22,23)24)12-7-3-4-8-14(12)30-19;;/h1-9H,(H,22,23,24)(H,25,26,27);;/q;2*+1/p-2. The van der Waals surface area contributed by atoms with E-state index in [-0.39, 0.29) is 85.8 Å². The van der Waals surface area contributed by atoms with Gasteiger partial charge in [-0.2, -0.15) is 0 Å². The second kappa shape index (κ2) is 10.7. The first-order valence-electron chi connectivity index (χ1n) is 8.98. The SMILES string of the molecule is O=S(=O)([O-])Oc1c(-c2sc3c(Cl)c4ccccc4cc3c2OS(=O)(=O)[O-])sc2ccccc12.[Na+].[Na+]. The van der Waals surface area contributed by atoms with E-state index in [9.17, 15) is 25.9 Å². The van der Waals surface area contributed by atoms with Crippen molar-refractivity contribution < 1.29 is 93.4 Å². The predicted molar refractivity (Wildman–Crippen MR) is 126 cm³/mol. The van der Waals surface area contributed by atoms with Crippen LogP contribution in [0.25, 0.3) is 40.7 Å². The number of thiophene rings is 2. The van der Waals surface area contributed by atoms with Gasteiger partial charge in [0, 0.05) is 20.9 Å². The fourth-order valence-corrected chi connectivity index (χ4v) is 7.18. The fraction of sp³-hybridized carbons (Fsp3) is 0. The van der Waals surface area contributed by atoms with E-state index >= 15 is 0 Å². The van der Waals surface area contributed by atoms with Crippen molar-refractivity contribution in [3.05, 3.63) is 59.6 Å². The van der Waals surface area contributed by atoms with Crippen molar-refractivity contribution in [3.8, 4) is 21.3 Å². The van der Waals surface area contributed by atoms with Crippen molar-refractivity contribution in [1.82, 2.24) is 0 Å². The molecule has 0 fully saturated rings. The van der Waals surface area contributed by atoms with Crippen LogP contribution >= 0.6 is 34.3 Å².